The summed E-state index contributed by atoms with van der Waals surface area (Å²) in [6.45, 7) is 0. The van der Waals surface area contributed by atoms with Crippen LogP contribution in [-0.2, 0) is 0 Å². The minimum Gasteiger partial charge on any atom is -0.453 e. The lowest BCUT2D eigenvalue weighted by molar-refractivity contribution is 0.481. The van der Waals surface area contributed by atoms with E-state index in [4.69, 9.17) is 4.74 Å². The van der Waals surface area contributed by atoms with Gasteiger partial charge in [0.2, 0.25) is 0 Å². The summed E-state index contributed by atoms with van der Waals surface area (Å²) < 4.78 is 5.98. The Bertz CT molecular complexity index is 771. The Morgan fingerprint density at radius 1 is 0.667 bits per heavy atom. The minimum atomic E-state index is 0. The molecule has 1 heterocycles. The van der Waals surface area contributed by atoms with Gasteiger partial charge in [0.1, 0.15) is 0 Å². The smallest absolute Gasteiger partial charge is 0.151 e. The van der Waals surface area contributed by atoms with Crippen molar-refractivity contribution in [2.45, 2.75) is 0 Å². The van der Waals surface area contributed by atoms with Crippen molar-refractivity contribution in [2.75, 3.05) is 5.32 Å². The lowest BCUT2D eigenvalue weighted by Gasteiger charge is -2.24. The average molecular weight is 340 g/mol. The number of nitrogens with one attached hydrogen (secondary N) is 1. The molecule has 0 unspecified atom stereocenters. The molecule has 0 saturated carbocycles. The SMILES string of the molecule is Br.c1ccc(-c2cccc3c2Nc2ccccc2O3)cc1. The van der Waals surface area contributed by atoms with Crippen LogP contribution in [0.4, 0.5) is 11.4 Å². The number of halogens is 1. The molecule has 0 aromatic heterocycles. The van der Waals surface area contributed by atoms with Crippen molar-refractivity contribution in [1.29, 1.82) is 0 Å². The number of hydrogen-bond acceptors (Lipinski definition) is 2. The molecule has 3 heteroatoms. The maximum absolute atomic E-state index is 5.98. The van der Waals surface area contributed by atoms with Crippen LogP contribution < -0.4 is 10.1 Å². The first-order valence-corrected chi connectivity index (χ1v) is 6.64. The molecule has 3 aromatic carbocycles. The minimum absolute atomic E-state index is 0. The van der Waals surface area contributed by atoms with E-state index in [1.165, 1.54) is 5.56 Å². The Morgan fingerprint density at radius 2 is 1.38 bits per heavy atom. The van der Waals surface area contributed by atoms with E-state index >= 15 is 0 Å². The molecular weight excluding hydrogens is 326 g/mol. The number of fused-ring (bicyclic) bond motifs is 2. The van der Waals surface area contributed by atoms with Gasteiger partial charge in [-0.3, -0.25) is 0 Å². The van der Waals surface area contributed by atoms with Gasteiger partial charge in [-0.2, -0.15) is 0 Å². The van der Waals surface area contributed by atoms with Crippen LogP contribution in [-0.4, -0.2) is 0 Å². The predicted octanol–water partition coefficient (Wildman–Crippen LogP) is 5.78. The Morgan fingerprint density at radius 3 is 2.24 bits per heavy atom. The van der Waals surface area contributed by atoms with Crippen LogP contribution in [0.25, 0.3) is 11.1 Å². The fourth-order valence-electron chi connectivity index (χ4n) is 2.52. The van der Waals surface area contributed by atoms with Crippen molar-refractivity contribution in [3.63, 3.8) is 0 Å². The molecule has 0 fully saturated rings. The van der Waals surface area contributed by atoms with E-state index in [9.17, 15) is 0 Å². The number of ether oxygens (including phenoxy) is 1. The highest BCUT2D eigenvalue weighted by molar-refractivity contribution is 8.93. The summed E-state index contributed by atoms with van der Waals surface area (Å²) >= 11 is 0. The molecular formula is C18H14BrNO. The van der Waals surface area contributed by atoms with Gasteiger partial charge in [-0.15, -0.1) is 17.0 Å². The van der Waals surface area contributed by atoms with Gasteiger partial charge in [-0.05, 0) is 23.8 Å². The van der Waals surface area contributed by atoms with E-state index in [1.54, 1.807) is 0 Å². The monoisotopic (exact) mass is 339 g/mol. The average Bonchev–Trinajstić information content (AvgIpc) is 2.53. The van der Waals surface area contributed by atoms with Gasteiger partial charge >= 0.3 is 0 Å². The van der Waals surface area contributed by atoms with Gasteiger partial charge in [-0.25, -0.2) is 0 Å². The predicted molar refractivity (Wildman–Crippen MR) is 92.0 cm³/mol. The first-order chi connectivity index (χ1) is 9.92. The molecule has 104 valence electrons. The number of anilines is 2. The number of benzene rings is 3. The highest BCUT2D eigenvalue weighted by Gasteiger charge is 2.18. The van der Waals surface area contributed by atoms with Crippen LogP contribution in [0.3, 0.4) is 0 Å². The van der Waals surface area contributed by atoms with Gasteiger partial charge < -0.3 is 10.1 Å². The molecule has 1 aliphatic heterocycles. The van der Waals surface area contributed by atoms with Crippen molar-refractivity contribution >= 4 is 28.4 Å². The number of rotatable bonds is 1. The summed E-state index contributed by atoms with van der Waals surface area (Å²) in [5, 5.41) is 3.48. The second-order valence-electron chi connectivity index (χ2n) is 4.77. The van der Waals surface area contributed by atoms with E-state index < -0.39 is 0 Å². The Labute approximate surface area is 134 Å². The first kappa shape index (κ1) is 13.7. The third-order valence-corrected chi connectivity index (χ3v) is 3.48. The van der Waals surface area contributed by atoms with E-state index in [0.717, 1.165) is 28.4 Å². The molecule has 0 bridgehead atoms. The van der Waals surface area contributed by atoms with Gasteiger partial charge in [0.15, 0.2) is 11.5 Å². The molecule has 0 radical (unpaired) electrons. The van der Waals surface area contributed by atoms with Crippen molar-refractivity contribution in [2.24, 2.45) is 0 Å². The summed E-state index contributed by atoms with van der Waals surface area (Å²) in [5.74, 6) is 1.73. The molecule has 0 amide bonds. The normalized spacial score (nSPS) is 11.2. The van der Waals surface area contributed by atoms with E-state index in [-0.39, 0.29) is 17.0 Å². The van der Waals surface area contributed by atoms with Gasteiger partial charge in [0.05, 0.1) is 11.4 Å². The third-order valence-electron chi connectivity index (χ3n) is 3.48. The van der Waals surface area contributed by atoms with Crippen molar-refractivity contribution in [3.8, 4) is 22.6 Å². The van der Waals surface area contributed by atoms with Crippen LogP contribution in [0.5, 0.6) is 11.5 Å². The quantitative estimate of drug-likeness (QED) is 0.474. The molecule has 2 nitrogen and oxygen atoms in total. The van der Waals surface area contributed by atoms with Gasteiger partial charge in [0, 0.05) is 5.56 Å². The molecule has 0 saturated heterocycles. The van der Waals surface area contributed by atoms with Crippen LogP contribution in [0.15, 0.2) is 72.8 Å². The molecule has 1 N–H and O–H groups in total. The summed E-state index contributed by atoms with van der Waals surface area (Å²) in [5.41, 5.74) is 4.36. The fraction of sp³-hybridized carbons (Fsp3) is 0. The summed E-state index contributed by atoms with van der Waals surface area (Å²) in [6.07, 6.45) is 0. The van der Waals surface area contributed by atoms with E-state index in [1.807, 2.05) is 54.6 Å². The Hall–Kier alpha value is -2.26. The van der Waals surface area contributed by atoms with E-state index in [2.05, 4.69) is 23.5 Å². The molecule has 3 aromatic rings. The molecule has 1 aliphatic rings. The van der Waals surface area contributed by atoms with Crippen molar-refractivity contribution < 1.29 is 4.74 Å². The number of hydrogen-bond donors (Lipinski definition) is 1. The molecule has 0 spiro atoms. The lowest BCUT2D eigenvalue weighted by atomic mass is 10.0. The summed E-state index contributed by atoms with van der Waals surface area (Å²) in [6, 6.07) is 24.4. The zero-order valence-corrected chi connectivity index (χ0v) is 13.0. The fourth-order valence-corrected chi connectivity index (χ4v) is 2.52. The second-order valence-corrected chi connectivity index (χ2v) is 4.77. The summed E-state index contributed by atoms with van der Waals surface area (Å²) in [4.78, 5) is 0. The third kappa shape index (κ3) is 2.41. The maximum Gasteiger partial charge on any atom is 0.151 e. The molecule has 4 rings (SSSR count). The second kappa shape index (κ2) is 5.62. The standard InChI is InChI=1S/C18H13NO.BrH/c1-2-7-13(8-3-1)14-9-6-12-17-18(14)19-15-10-4-5-11-16(15)20-17;/h1-12,19H;1H. The maximum atomic E-state index is 5.98. The topological polar surface area (TPSA) is 21.3 Å². The Balaban J connectivity index is 0.00000132. The Kier molecular flexibility index (Phi) is 3.67. The largest absolute Gasteiger partial charge is 0.453 e. The van der Waals surface area contributed by atoms with Gasteiger partial charge in [0.25, 0.3) is 0 Å². The van der Waals surface area contributed by atoms with E-state index in [0.29, 0.717) is 0 Å². The zero-order valence-electron chi connectivity index (χ0n) is 11.2. The summed E-state index contributed by atoms with van der Waals surface area (Å²) in [7, 11) is 0. The number of para-hydroxylation sites is 3. The van der Waals surface area contributed by atoms with Crippen LogP contribution in [0, 0.1) is 0 Å². The van der Waals surface area contributed by atoms with Gasteiger partial charge in [-0.1, -0.05) is 54.6 Å². The first-order valence-electron chi connectivity index (χ1n) is 6.64. The van der Waals surface area contributed by atoms with Crippen molar-refractivity contribution in [1.82, 2.24) is 0 Å². The van der Waals surface area contributed by atoms with Crippen LogP contribution in [0.2, 0.25) is 0 Å². The molecule has 0 aliphatic carbocycles. The van der Waals surface area contributed by atoms with Crippen molar-refractivity contribution in [3.05, 3.63) is 72.8 Å². The highest BCUT2D eigenvalue weighted by Crippen LogP contribution is 2.46. The molecule has 0 atom stereocenters. The highest BCUT2D eigenvalue weighted by atomic mass is 79.9. The molecule has 21 heavy (non-hydrogen) atoms. The van der Waals surface area contributed by atoms with Crippen LogP contribution >= 0.6 is 17.0 Å². The lowest BCUT2D eigenvalue weighted by Crippen LogP contribution is -2.03. The van der Waals surface area contributed by atoms with Crippen LogP contribution in [0.1, 0.15) is 0 Å². The zero-order chi connectivity index (χ0) is 13.4.